The zero-order chi connectivity index (χ0) is 9.97. The largest absolute Gasteiger partial charge is 0.396 e. The van der Waals surface area contributed by atoms with Gasteiger partial charge < -0.3 is 14.9 Å². The monoisotopic (exact) mass is 194 g/mol. The molecule has 2 rings (SSSR count). The Morgan fingerprint density at radius 3 is 2.64 bits per heavy atom. The molecule has 76 valence electrons. The van der Waals surface area contributed by atoms with Crippen molar-refractivity contribution in [2.24, 2.45) is 5.92 Å². The molecule has 1 heterocycles. The molecule has 14 heavy (non-hydrogen) atoms. The maximum atomic E-state index is 9.33. The quantitative estimate of drug-likeness (QED) is 0.740. The molecule has 3 atom stereocenters. The van der Waals surface area contributed by atoms with Crippen molar-refractivity contribution in [1.82, 2.24) is 0 Å². The molecule has 0 bridgehead atoms. The molecule has 1 saturated heterocycles. The molecule has 3 unspecified atom stereocenters. The second kappa shape index (κ2) is 4.09. The summed E-state index contributed by atoms with van der Waals surface area (Å²) >= 11 is 0. The zero-order valence-corrected chi connectivity index (χ0v) is 7.84. The fourth-order valence-corrected chi connectivity index (χ4v) is 1.88. The van der Waals surface area contributed by atoms with E-state index in [-0.39, 0.29) is 18.6 Å². The van der Waals surface area contributed by atoms with E-state index >= 15 is 0 Å². The summed E-state index contributed by atoms with van der Waals surface area (Å²) in [6.07, 6.45) is -0.399. The van der Waals surface area contributed by atoms with Gasteiger partial charge in [-0.2, -0.15) is 0 Å². The van der Waals surface area contributed by atoms with Crippen LogP contribution >= 0.6 is 0 Å². The summed E-state index contributed by atoms with van der Waals surface area (Å²) in [5.74, 6) is 0.00685. The molecule has 1 aliphatic heterocycles. The molecule has 0 amide bonds. The first-order chi connectivity index (χ1) is 6.81. The van der Waals surface area contributed by atoms with E-state index in [1.807, 2.05) is 30.3 Å². The van der Waals surface area contributed by atoms with Crippen LogP contribution in [0.2, 0.25) is 0 Å². The van der Waals surface area contributed by atoms with Crippen LogP contribution in [0.15, 0.2) is 30.3 Å². The molecule has 2 N–H and O–H groups in total. The van der Waals surface area contributed by atoms with Gasteiger partial charge in [-0.1, -0.05) is 30.3 Å². The minimum absolute atomic E-state index is 0.00685. The number of aliphatic hydroxyl groups excluding tert-OH is 2. The minimum atomic E-state index is -0.739. The molecule has 3 nitrogen and oxygen atoms in total. The van der Waals surface area contributed by atoms with Crippen LogP contribution in [0.4, 0.5) is 0 Å². The van der Waals surface area contributed by atoms with Gasteiger partial charge in [-0.25, -0.2) is 0 Å². The van der Waals surface area contributed by atoms with Gasteiger partial charge in [0, 0.05) is 18.9 Å². The number of rotatable bonds is 2. The molecule has 1 aromatic rings. The number of hydrogen-bond donors (Lipinski definition) is 2. The molecule has 0 aliphatic carbocycles. The lowest BCUT2D eigenvalue weighted by atomic mass is 9.96. The second-order valence-corrected chi connectivity index (χ2v) is 3.60. The van der Waals surface area contributed by atoms with E-state index in [4.69, 9.17) is 9.84 Å². The Bertz CT molecular complexity index is 286. The van der Waals surface area contributed by atoms with E-state index in [9.17, 15) is 5.11 Å². The summed E-state index contributed by atoms with van der Waals surface area (Å²) in [5.41, 5.74) is 1.02. The van der Waals surface area contributed by atoms with Gasteiger partial charge in [0.05, 0.1) is 6.10 Å². The summed E-state index contributed by atoms with van der Waals surface area (Å²) in [6, 6.07) is 9.69. The Balaban J connectivity index is 2.18. The van der Waals surface area contributed by atoms with Crippen molar-refractivity contribution >= 4 is 0 Å². The van der Waals surface area contributed by atoms with Crippen LogP contribution < -0.4 is 0 Å². The Kier molecular flexibility index (Phi) is 2.82. The maximum absolute atomic E-state index is 9.33. The molecule has 0 aromatic heterocycles. The van der Waals surface area contributed by atoms with E-state index in [0.29, 0.717) is 6.42 Å². The van der Waals surface area contributed by atoms with Gasteiger partial charge in [0.1, 0.15) is 0 Å². The van der Waals surface area contributed by atoms with Gasteiger partial charge in [0.25, 0.3) is 0 Å². The SMILES string of the molecule is OCC1CC(O)OC1c1ccccc1. The molecule has 1 aromatic carbocycles. The molecule has 3 heteroatoms. The molecule has 0 spiro atoms. The van der Waals surface area contributed by atoms with Gasteiger partial charge in [-0.3, -0.25) is 0 Å². The zero-order valence-electron chi connectivity index (χ0n) is 7.84. The highest BCUT2D eigenvalue weighted by Crippen LogP contribution is 2.36. The highest BCUT2D eigenvalue weighted by molar-refractivity contribution is 5.19. The Hall–Kier alpha value is -0.900. The van der Waals surface area contributed by atoms with Crippen LogP contribution in [0.25, 0.3) is 0 Å². The lowest BCUT2D eigenvalue weighted by molar-refractivity contribution is -0.0942. The van der Waals surface area contributed by atoms with Crippen molar-refractivity contribution in [2.75, 3.05) is 6.61 Å². The predicted molar refractivity (Wildman–Crippen MR) is 51.5 cm³/mol. The number of hydrogen-bond acceptors (Lipinski definition) is 3. The van der Waals surface area contributed by atoms with E-state index in [0.717, 1.165) is 5.56 Å². The first-order valence-corrected chi connectivity index (χ1v) is 4.80. The van der Waals surface area contributed by atoms with Crippen LogP contribution in [0.5, 0.6) is 0 Å². The summed E-state index contributed by atoms with van der Waals surface area (Å²) < 4.78 is 5.35. The standard InChI is InChI=1S/C11H14O3/c12-7-9-6-10(13)14-11(9)8-4-2-1-3-5-8/h1-5,9-13H,6-7H2. The van der Waals surface area contributed by atoms with Crippen LogP contribution in [0, 0.1) is 5.92 Å². The first kappa shape index (κ1) is 9.65. The van der Waals surface area contributed by atoms with Crippen molar-refractivity contribution < 1.29 is 14.9 Å². The van der Waals surface area contributed by atoms with Crippen molar-refractivity contribution in [3.05, 3.63) is 35.9 Å². The molecule has 0 saturated carbocycles. The van der Waals surface area contributed by atoms with Crippen molar-refractivity contribution in [2.45, 2.75) is 18.8 Å². The van der Waals surface area contributed by atoms with Crippen LogP contribution in [0.3, 0.4) is 0 Å². The third-order valence-electron chi connectivity index (χ3n) is 2.60. The molecule has 0 radical (unpaired) electrons. The second-order valence-electron chi connectivity index (χ2n) is 3.60. The Labute approximate surface area is 83.0 Å². The smallest absolute Gasteiger partial charge is 0.155 e. The summed E-state index contributed by atoms with van der Waals surface area (Å²) in [5, 5.41) is 18.5. The normalized spacial score (nSPS) is 32.0. The number of ether oxygens (including phenoxy) is 1. The lowest BCUT2D eigenvalue weighted by Gasteiger charge is -2.16. The number of benzene rings is 1. The van der Waals surface area contributed by atoms with Gasteiger partial charge in [0.15, 0.2) is 6.29 Å². The van der Waals surface area contributed by atoms with Crippen molar-refractivity contribution in [3.63, 3.8) is 0 Å². The van der Waals surface area contributed by atoms with E-state index in [1.54, 1.807) is 0 Å². The topological polar surface area (TPSA) is 49.7 Å². The average Bonchev–Trinajstić information content (AvgIpc) is 2.61. The third-order valence-corrected chi connectivity index (χ3v) is 2.60. The van der Waals surface area contributed by atoms with E-state index in [2.05, 4.69) is 0 Å². The minimum Gasteiger partial charge on any atom is -0.396 e. The average molecular weight is 194 g/mol. The summed E-state index contributed by atoms with van der Waals surface area (Å²) in [4.78, 5) is 0. The molecule has 1 aliphatic rings. The molecule has 1 fully saturated rings. The van der Waals surface area contributed by atoms with Gasteiger partial charge in [-0.15, -0.1) is 0 Å². The third kappa shape index (κ3) is 1.80. The Morgan fingerprint density at radius 1 is 1.29 bits per heavy atom. The van der Waals surface area contributed by atoms with Crippen molar-refractivity contribution in [1.29, 1.82) is 0 Å². The molecular formula is C11H14O3. The maximum Gasteiger partial charge on any atom is 0.155 e. The highest BCUT2D eigenvalue weighted by Gasteiger charge is 2.34. The van der Waals surface area contributed by atoms with Crippen LogP contribution in [0.1, 0.15) is 18.1 Å². The summed E-state index contributed by atoms with van der Waals surface area (Å²) in [7, 11) is 0. The van der Waals surface area contributed by atoms with Gasteiger partial charge >= 0.3 is 0 Å². The lowest BCUT2D eigenvalue weighted by Crippen LogP contribution is -2.11. The van der Waals surface area contributed by atoms with E-state index < -0.39 is 6.29 Å². The summed E-state index contributed by atoms with van der Waals surface area (Å²) in [6.45, 7) is 0.0522. The first-order valence-electron chi connectivity index (χ1n) is 4.80. The van der Waals surface area contributed by atoms with E-state index in [1.165, 1.54) is 0 Å². The fourth-order valence-electron chi connectivity index (χ4n) is 1.88. The molecular weight excluding hydrogens is 180 g/mol. The van der Waals surface area contributed by atoms with Crippen LogP contribution in [-0.4, -0.2) is 23.1 Å². The van der Waals surface area contributed by atoms with Gasteiger partial charge in [-0.05, 0) is 5.56 Å². The van der Waals surface area contributed by atoms with Crippen molar-refractivity contribution in [3.8, 4) is 0 Å². The Morgan fingerprint density at radius 2 is 2.00 bits per heavy atom. The predicted octanol–water partition coefficient (Wildman–Crippen LogP) is 1.07. The number of aliphatic hydroxyl groups is 2. The fraction of sp³-hybridized carbons (Fsp3) is 0.455. The van der Waals surface area contributed by atoms with Gasteiger partial charge in [0.2, 0.25) is 0 Å². The van der Waals surface area contributed by atoms with Crippen LogP contribution in [-0.2, 0) is 4.74 Å². The highest BCUT2D eigenvalue weighted by atomic mass is 16.6.